The SMILES string of the molecule is Cc1cccc(NC(=O)CN2C(=O)S/C(=C/c3cccc(OCc4ccc([N+](=O)[O-])cc4)c3)C2=O)c1C. The molecule has 0 spiro atoms. The molecule has 0 bridgehead atoms. The Hall–Kier alpha value is -4.44. The molecule has 0 aliphatic carbocycles. The molecule has 1 aliphatic rings. The third kappa shape index (κ3) is 6.22. The Morgan fingerprint density at radius 3 is 2.54 bits per heavy atom. The van der Waals surface area contributed by atoms with Crippen molar-refractivity contribution in [2.24, 2.45) is 0 Å². The summed E-state index contributed by atoms with van der Waals surface area (Å²) in [4.78, 5) is 49.3. The van der Waals surface area contributed by atoms with Gasteiger partial charge in [0.2, 0.25) is 5.91 Å². The maximum atomic E-state index is 12.9. The number of hydrogen-bond donors (Lipinski definition) is 1. The second-order valence-corrected chi connectivity index (χ2v) is 9.34. The second kappa shape index (κ2) is 11.1. The summed E-state index contributed by atoms with van der Waals surface area (Å²) in [5.41, 5.74) is 3.98. The van der Waals surface area contributed by atoms with E-state index in [1.165, 1.54) is 12.1 Å². The molecule has 4 rings (SSSR count). The summed E-state index contributed by atoms with van der Waals surface area (Å²) in [6.07, 6.45) is 1.58. The molecule has 3 aromatic carbocycles. The number of anilines is 1. The van der Waals surface area contributed by atoms with Crippen molar-refractivity contribution >= 4 is 46.3 Å². The van der Waals surface area contributed by atoms with Crippen LogP contribution in [0.3, 0.4) is 0 Å². The molecule has 3 aromatic rings. The van der Waals surface area contributed by atoms with E-state index in [4.69, 9.17) is 4.74 Å². The molecular weight excluding hydrogens is 494 g/mol. The highest BCUT2D eigenvalue weighted by molar-refractivity contribution is 8.18. The van der Waals surface area contributed by atoms with E-state index in [-0.39, 0.29) is 23.7 Å². The van der Waals surface area contributed by atoms with Crippen LogP contribution in [-0.4, -0.2) is 33.4 Å². The number of carbonyl (C=O) groups excluding carboxylic acids is 3. The lowest BCUT2D eigenvalue weighted by atomic mass is 10.1. The molecule has 0 unspecified atom stereocenters. The average molecular weight is 518 g/mol. The number of aryl methyl sites for hydroxylation is 1. The van der Waals surface area contributed by atoms with E-state index in [2.05, 4.69) is 5.32 Å². The predicted molar refractivity (Wildman–Crippen MR) is 141 cm³/mol. The highest BCUT2D eigenvalue weighted by Crippen LogP contribution is 2.32. The number of thioether (sulfide) groups is 1. The Kier molecular flexibility index (Phi) is 7.69. The number of nitrogens with zero attached hydrogens (tertiary/aromatic N) is 2. The van der Waals surface area contributed by atoms with Gasteiger partial charge in [-0.3, -0.25) is 29.4 Å². The first-order valence-electron chi connectivity index (χ1n) is 11.3. The second-order valence-electron chi connectivity index (χ2n) is 8.35. The van der Waals surface area contributed by atoms with Gasteiger partial charge in [-0.25, -0.2) is 0 Å². The van der Waals surface area contributed by atoms with Crippen molar-refractivity contribution in [1.29, 1.82) is 0 Å². The Morgan fingerprint density at radius 2 is 1.81 bits per heavy atom. The number of nitro benzene ring substituents is 1. The highest BCUT2D eigenvalue weighted by atomic mass is 32.2. The summed E-state index contributed by atoms with van der Waals surface area (Å²) in [6, 6.07) is 18.6. The zero-order valence-electron chi connectivity index (χ0n) is 20.1. The van der Waals surface area contributed by atoms with Crippen molar-refractivity contribution < 1.29 is 24.0 Å². The lowest BCUT2D eigenvalue weighted by molar-refractivity contribution is -0.384. The van der Waals surface area contributed by atoms with Gasteiger partial charge in [-0.05, 0) is 84.3 Å². The van der Waals surface area contributed by atoms with Crippen LogP contribution in [0.4, 0.5) is 16.2 Å². The summed E-state index contributed by atoms with van der Waals surface area (Å²) in [5, 5.41) is 13.0. The number of benzene rings is 3. The molecule has 0 atom stereocenters. The standard InChI is InChI=1S/C27H23N3O6S/c1-17-5-3-8-23(18(17)2)28-25(31)15-29-26(32)24(37-27(29)33)14-20-6-4-7-22(13-20)36-16-19-9-11-21(12-10-19)30(34)35/h3-14H,15-16H2,1-2H3,(H,28,31)/b24-14+. The number of non-ortho nitro benzene ring substituents is 1. The van der Waals surface area contributed by atoms with Crippen LogP contribution in [0, 0.1) is 24.0 Å². The van der Waals surface area contributed by atoms with Crippen LogP contribution in [0.2, 0.25) is 0 Å². The molecule has 3 amide bonds. The minimum Gasteiger partial charge on any atom is -0.489 e. The predicted octanol–water partition coefficient (Wildman–Crippen LogP) is 5.47. The van der Waals surface area contributed by atoms with Crippen LogP contribution >= 0.6 is 11.8 Å². The average Bonchev–Trinajstić information content (AvgIpc) is 3.13. The molecule has 1 saturated heterocycles. The van der Waals surface area contributed by atoms with E-state index in [1.54, 1.807) is 48.5 Å². The number of imide groups is 1. The van der Waals surface area contributed by atoms with Gasteiger partial charge < -0.3 is 10.1 Å². The molecule has 1 N–H and O–H groups in total. The highest BCUT2D eigenvalue weighted by Gasteiger charge is 2.36. The Morgan fingerprint density at radius 1 is 1.08 bits per heavy atom. The molecule has 10 heteroatoms. The van der Waals surface area contributed by atoms with Crippen molar-refractivity contribution in [3.05, 3.63) is 104 Å². The van der Waals surface area contributed by atoms with Crippen LogP contribution in [-0.2, 0) is 16.2 Å². The topological polar surface area (TPSA) is 119 Å². The van der Waals surface area contributed by atoms with E-state index in [0.29, 0.717) is 17.0 Å². The fraction of sp³-hybridized carbons (Fsp3) is 0.148. The van der Waals surface area contributed by atoms with E-state index in [9.17, 15) is 24.5 Å². The number of rotatable bonds is 8. The third-order valence-electron chi connectivity index (χ3n) is 5.76. The van der Waals surface area contributed by atoms with Crippen LogP contribution < -0.4 is 10.1 Å². The van der Waals surface area contributed by atoms with Crippen molar-refractivity contribution in [3.63, 3.8) is 0 Å². The first-order chi connectivity index (χ1) is 17.7. The molecule has 1 aliphatic heterocycles. The van der Waals surface area contributed by atoms with Crippen molar-refractivity contribution in [2.45, 2.75) is 20.5 Å². The lowest BCUT2D eigenvalue weighted by Crippen LogP contribution is -2.36. The number of carbonyl (C=O) groups is 3. The minimum absolute atomic E-state index is 0.00227. The molecule has 1 heterocycles. The van der Waals surface area contributed by atoms with E-state index >= 15 is 0 Å². The van der Waals surface area contributed by atoms with Crippen molar-refractivity contribution in [2.75, 3.05) is 11.9 Å². The van der Waals surface area contributed by atoms with E-state index in [0.717, 1.165) is 33.4 Å². The summed E-state index contributed by atoms with van der Waals surface area (Å²) >= 11 is 0.773. The first kappa shape index (κ1) is 25.6. The number of ether oxygens (including phenoxy) is 1. The smallest absolute Gasteiger partial charge is 0.294 e. The van der Waals surface area contributed by atoms with Crippen molar-refractivity contribution in [1.82, 2.24) is 4.90 Å². The number of hydrogen-bond acceptors (Lipinski definition) is 7. The lowest BCUT2D eigenvalue weighted by Gasteiger charge is -2.14. The zero-order chi connectivity index (χ0) is 26.5. The fourth-order valence-electron chi connectivity index (χ4n) is 3.58. The molecular formula is C27H23N3O6S. The van der Waals surface area contributed by atoms with Gasteiger partial charge in [-0.1, -0.05) is 24.3 Å². The maximum Gasteiger partial charge on any atom is 0.294 e. The van der Waals surface area contributed by atoms with Crippen LogP contribution in [0.15, 0.2) is 71.6 Å². The van der Waals surface area contributed by atoms with Gasteiger partial charge in [0.1, 0.15) is 18.9 Å². The minimum atomic E-state index is -0.539. The van der Waals surface area contributed by atoms with Crippen LogP contribution in [0.5, 0.6) is 5.75 Å². The van der Waals surface area contributed by atoms with Gasteiger partial charge in [0.25, 0.3) is 16.8 Å². The Balaban J connectivity index is 1.39. The van der Waals surface area contributed by atoms with Gasteiger partial charge in [0.15, 0.2) is 0 Å². The summed E-state index contributed by atoms with van der Waals surface area (Å²) in [5.74, 6) is -0.471. The van der Waals surface area contributed by atoms with Crippen molar-refractivity contribution in [3.8, 4) is 5.75 Å². The van der Waals surface area contributed by atoms with Crippen LogP contribution in [0.25, 0.3) is 6.08 Å². The maximum absolute atomic E-state index is 12.9. The Bertz CT molecular complexity index is 1420. The van der Waals surface area contributed by atoms with Gasteiger partial charge in [0, 0.05) is 17.8 Å². The normalized spacial score (nSPS) is 14.2. The Labute approximate surface area is 217 Å². The number of nitro groups is 1. The van der Waals surface area contributed by atoms with Crippen LogP contribution in [0.1, 0.15) is 22.3 Å². The molecule has 1 fully saturated rings. The first-order valence-corrected chi connectivity index (χ1v) is 12.1. The molecule has 188 valence electrons. The van der Waals surface area contributed by atoms with Gasteiger partial charge >= 0.3 is 0 Å². The molecule has 0 saturated carbocycles. The van der Waals surface area contributed by atoms with Gasteiger partial charge in [-0.2, -0.15) is 0 Å². The van der Waals surface area contributed by atoms with Gasteiger partial charge in [-0.15, -0.1) is 0 Å². The van der Waals surface area contributed by atoms with E-state index < -0.39 is 22.0 Å². The third-order valence-corrected chi connectivity index (χ3v) is 6.67. The summed E-state index contributed by atoms with van der Waals surface area (Å²) in [7, 11) is 0. The van der Waals surface area contributed by atoms with E-state index in [1.807, 2.05) is 26.0 Å². The van der Waals surface area contributed by atoms with Gasteiger partial charge in [0.05, 0.1) is 9.83 Å². The molecule has 9 nitrogen and oxygen atoms in total. The number of amides is 3. The molecule has 0 radical (unpaired) electrons. The molecule has 0 aromatic heterocycles. The fourth-order valence-corrected chi connectivity index (χ4v) is 4.42. The zero-order valence-corrected chi connectivity index (χ0v) is 20.9. The summed E-state index contributed by atoms with van der Waals surface area (Å²) in [6.45, 7) is 3.64. The summed E-state index contributed by atoms with van der Waals surface area (Å²) < 4.78 is 5.77. The molecule has 37 heavy (non-hydrogen) atoms. The monoisotopic (exact) mass is 517 g/mol. The largest absolute Gasteiger partial charge is 0.489 e. The number of nitrogens with one attached hydrogen (secondary N) is 1. The quantitative estimate of drug-likeness (QED) is 0.239.